The van der Waals surface area contributed by atoms with E-state index in [-0.39, 0.29) is 5.41 Å². The van der Waals surface area contributed by atoms with Crippen molar-refractivity contribution in [1.29, 1.82) is 0 Å². The Morgan fingerprint density at radius 2 is 1.11 bits per heavy atom. The molecule has 1 atom stereocenters. The Bertz CT molecular complexity index is 830. The van der Waals surface area contributed by atoms with Crippen molar-refractivity contribution in [3.63, 3.8) is 0 Å². The van der Waals surface area contributed by atoms with Gasteiger partial charge in [0.25, 0.3) is 0 Å². The number of aryl methyl sites for hydroxylation is 4. The van der Waals surface area contributed by atoms with E-state index in [2.05, 4.69) is 110 Å². The van der Waals surface area contributed by atoms with Crippen LogP contribution in [0.25, 0.3) is 0 Å². The van der Waals surface area contributed by atoms with Gasteiger partial charge in [-0.25, -0.2) is 0 Å². The minimum atomic E-state index is -1.98. The van der Waals surface area contributed by atoms with Crippen LogP contribution in [-0.4, -0.2) is 8.07 Å². The van der Waals surface area contributed by atoms with Gasteiger partial charge >= 0.3 is 0 Å². The largest absolute Gasteiger partial charge is 0.125 e. The molecule has 1 aliphatic carbocycles. The summed E-state index contributed by atoms with van der Waals surface area (Å²) in [5, 5.41) is 3.09. The van der Waals surface area contributed by atoms with Crippen molar-refractivity contribution in [3.8, 4) is 0 Å². The van der Waals surface area contributed by atoms with Gasteiger partial charge in [0.05, 0.1) is 0 Å². The molecule has 2 aromatic carbocycles. The molecule has 2 aromatic rings. The summed E-state index contributed by atoms with van der Waals surface area (Å²) in [6.07, 6.45) is 7.41. The van der Waals surface area contributed by atoms with Crippen molar-refractivity contribution in [1.82, 2.24) is 0 Å². The molecule has 0 aliphatic heterocycles. The molecule has 0 saturated carbocycles. The lowest BCUT2D eigenvalue weighted by atomic mass is 9.87. The lowest BCUT2D eigenvalue weighted by molar-refractivity contribution is 0.518. The van der Waals surface area contributed by atoms with E-state index in [0.29, 0.717) is 5.54 Å². The molecule has 0 saturated heterocycles. The van der Waals surface area contributed by atoms with E-state index in [4.69, 9.17) is 0 Å². The van der Waals surface area contributed by atoms with Crippen LogP contribution >= 0.6 is 0 Å². The van der Waals surface area contributed by atoms with Crippen molar-refractivity contribution in [3.05, 3.63) is 82.5 Å². The van der Waals surface area contributed by atoms with E-state index in [1.54, 1.807) is 10.4 Å². The average Bonchev–Trinajstić information content (AvgIpc) is 3.02. The third kappa shape index (κ3) is 3.89. The van der Waals surface area contributed by atoms with E-state index >= 15 is 0 Å². The second-order valence-corrected chi connectivity index (χ2v) is 13.9. The first-order chi connectivity index (χ1) is 12.5. The fourth-order valence-electron chi connectivity index (χ4n) is 4.47. The molecule has 0 radical (unpaired) electrons. The molecule has 1 heteroatoms. The maximum absolute atomic E-state index is 2.56. The standard InChI is InChI=1S/C26H34Si/c1-18-11-19(2)14-24(13-18)27(8,25-15-20(3)12-21(4)16-25)23-10-9-22(17-23)26(5,6)7/h9-17,23H,1-8H3. The Hall–Kier alpha value is -1.86. The molecule has 1 unspecified atom stereocenters. The van der Waals surface area contributed by atoms with Gasteiger partial charge in [0.1, 0.15) is 8.07 Å². The first kappa shape index (κ1) is 19.9. The van der Waals surface area contributed by atoms with Crippen LogP contribution in [0.1, 0.15) is 43.0 Å². The van der Waals surface area contributed by atoms with Crippen LogP contribution in [0.15, 0.2) is 60.2 Å². The van der Waals surface area contributed by atoms with Crippen molar-refractivity contribution >= 4 is 18.4 Å². The van der Waals surface area contributed by atoms with Crippen LogP contribution in [-0.2, 0) is 0 Å². The molecule has 0 aromatic heterocycles. The third-order valence-electron chi connectivity index (χ3n) is 6.02. The van der Waals surface area contributed by atoms with Crippen LogP contribution in [0.2, 0.25) is 12.1 Å². The monoisotopic (exact) mass is 374 g/mol. The molecule has 0 bridgehead atoms. The van der Waals surface area contributed by atoms with Gasteiger partial charge in [-0.05, 0) is 44.2 Å². The number of rotatable bonds is 3. The van der Waals surface area contributed by atoms with Gasteiger partial charge in [0.2, 0.25) is 0 Å². The average molecular weight is 375 g/mol. The zero-order valence-corrected chi connectivity index (χ0v) is 19.3. The minimum Gasteiger partial charge on any atom is -0.0794 e. The lowest BCUT2D eigenvalue weighted by Gasteiger charge is -2.34. The molecule has 3 rings (SSSR count). The molecule has 0 N–H and O–H groups in total. The summed E-state index contributed by atoms with van der Waals surface area (Å²) in [6.45, 7) is 18.4. The SMILES string of the molecule is Cc1cc(C)cc([Si](C)(c2cc(C)cc(C)c2)C2C=CC(C(C)(C)C)=C2)c1. The molecule has 0 heterocycles. The lowest BCUT2D eigenvalue weighted by Crippen LogP contribution is -2.58. The highest BCUT2D eigenvalue weighted by atomic mass is 28.3. The van der Waals surface area contributed by atoms with Crippen molar-refractivity contribution in [2.24, 2.45) is 5.41 Å². The van der Waals surface area contributed by atoms with Gasteiger partial charge < -0.3 is 0 Å². The second-order valence-electron chi connectivity index (χ2n) is 9.71. The van der Waals surface area contributed by atoms with Crippen molar-refractivity contribution in [2.75, 3.05) is 0 Å². The van der Waals surface area contributed by atoms with Gasteiger partial charge in [-0.3, -0.25) is 0 Å². The van der Waals surface area contributed by atoms with Crippen LogP contribution in [0, 0.1) is 33.1 Å². The first-order valence-corrected chi connectivity index (χ1v) is 12.7. The van der Waals surface area contributed by atoms with E-state index < -0.39 is 8.07 Å². The topological polar surface area (TPSA) is 0 Å². The Morgan fingerprint density at radius 3 is 1.44 bits per heavy atom. The van der Waals surface area contributed by atoms with Crippen molar-refractivity contribution < 1.29 is 0 Å². The van der Waals surface area contributed by atoms with Crippen LogP contribution in [0.5, 0.6) is 0 Å². The number of hydrogen-bond acceptors (Lipinski definition) is 0. The minimum absolute atomic E-state index is 0.200. The first-order valence-electron chi connectivity index (χ1n) is 10.1. The molecule has 27 heavy (non-hydrogen) atoms. The molecule has 0 fully saturated rings. The molecule has 0 amide bonds. The zero-order chi connectivity index (χ0) is 20.0. The van der Waals surface area contributed by atoms with Crippen molar-refractivity contribution in [2.45, 2.75) is 60.6 Å². The van der Waals surface area contributed by atoms with Gasteiger partial charge in [0, 0.05) is 0 Å². The normalized spacial score (nSPS) is 17.3. The number of hydrogen-bond donors (Lipinski definition) is 0. The maximum atomic E-state index is 2.56. The van der Waals surface area contributed by atoms with E-state index in [0.717, 1.165) is 0 Å². The van der Waals surface area contributed by atoms with Gasteiger partial charge in [0.15, 0.2) is 0 Å². The third-order valence-corrected chi connectivity index (χ3v) is 10.7. The fraction of sp³-hybridized carbons (Fsp3) is 0.385. The molecular formula is C26H34Si. The summed E-state index contributed by atoms with van der Waals surface area (Å²) in [4.78, 5) is 0. The van der Waals surface area contributed by atoms with E-state index in [1.165, 1.54) is 27.8 Å². The summed E-state index contributed by atoms with van der Waals surface area (Å²) in [5.41, 5.74) is 7.65. The van der Waals surface area contributed by atoms with E-state index in [1.807, 2.05) is 0 Å². The molecule has 0 nitrogen and oxygen atoms in total. The molecular weight excluding hydrogens is 340 g/mol. The van der Waals surface area contributed by atoms with Crippen LogP contribution in [0.4, 0.5) is 0 Å². The highest BCUT2D eigenvalue weighted by Crippen LogP contribution is 2.38. The van der Waals surface area contributed by atoms with Gasteiger partial charge in [-0.2, -0.15) is 0 Å². The molecule has 0 spiro atoms. The smallest absolute Gasteiger partial charge is 0.0794 e. The van der Waals surface area contributed by atoms with E-state index in [9.17, 15) is 0 Å². The Balaban J connectivity index is 2.24. The Labute approximate surface area is 167 Å². The van der Waals surface area contributed by atoms with Crippen LogP contribution in [0.3, 0.4) is 0 Å². The summed E-state index contributed by atoms with van der Waals surface area (Å²) < 4.78 is 0. The fourth-order valence-corrected chi connectivity index (χ4v) is 8.68. The van der Waals surface area contributed by atoms with Gasteiger partial charge in [-0.1, -0.05) is 115 Å². The maximum Gasteiger partial charge on any atom is 0.125 e. The zero-order valence-electron chi connectivity index (χ0n) is 18.3. The number of benzene rings is 2. The molecule has 1 aliphatic rings. The van der Waals surface area contributed by atoms with Gasteiger partial charge in [-0.15, -0.1) is 0 Å². The highest BCUT2D eigenvalue weighted by molar-refractivity contribution is 7.03. The number of allylic oxidation sites excluding steroid dienone is 4. The predicted octanol–water partition coefficient (Wildman–Crippen LogP) is 6.03. The summed E-state index contributed by atoms with van der Waals surface area (Å²) >= 11 is 0. The van der Waals surface area contributed by atoms with Crippen LogP contribution < -0.4 is 10.4 Å². The summed E-state index contributed by atoms with van der Waals surface area (Å²) in [5.74, 6) is 0. The summed E-state index contributed by atoms with van der Waals surface area (Å²) in [7, 11) is -1.98. The second kappa shape index (κ2) is 6.94. The Morgan fingerprint density at radius 1 is 0.704 bits per heavy atom. The summed E-state index contributed by atoms with van der Waals surface area (Å²) in [6, 6.07) is 14.3. The highest BCUT2D eigenvalue weighted by Gasteiger charge is 2.40. The Kier molecular flexibility index (Phi) is 5.11. The quantitative estimate of drug-likeness (QED) is 0.576. The predicted molar refractivity (Wildman–Crippen MR) is 123 cm³/mol. The molecule has 142 valence electrons.